The molecule has 26 heavy (non-hydrogen) atoms. The molecule has 1 aliphatic carbocycles. The number of hydrogen-bond donors (Lipinski definition) is 0. The summed E-state index contributed by atoms with van der Waals surface area (Å²) in [6.07, 6.45) is 1.11. The molecule has 0 radical (unpaired) electrons. The first-order chi connectivity index (χ1) is 12.3. The molecule has 1 fully saturated rings. The van der Waals surface area contributed by atoms with E-state index in [2.05, 4.69) is 115 Å². The van der Waals surface area contributed by atoms with Crippen molar-refractivity contribution in [3.63, 3.8) is 0 Å². The van der Waals surface area contributed by atoms with E-state index >= 15 is 0 Å². The van der Waals surface area contributed by atoms with Crippen molar-refractivity contribution in [2.45, 2.75) is 39.2 Å². The van der Waals surface area contributed by atoms with Crippen LogP contribution in [0.4, 0.5) is 0 Å². The second-order valence-corrected chi connectivity index (χ2v) is 13.2. The fourth-order valence-electron chi connectivity index (χ4n) is 3.94. The fraction of sp³-hybridized carbons (Fsp3) is 0.391. The second kappa shape index (κ2) is 7.35. The van der Waals surface area contributed by atoms with Gasteiger partial charge in [0.05, 0.1) is 0 Å². The van der Waals surface area contributed by atoms with Crippen LogP contribution in [0.5, 0.6) is 0 Å². The Kier molecular flexibility index (Phi) is 5.49. The number of halogens is 1. The molecule has 2 aromatic carbocycles. The minimum Gasteiger partial charge on any atom is -0.407 e. The van der Waals surface area contributed by atoms with Gasteiger partial charge in [-0.15, -0.1) is 0 Å². The van der Waals surface area contributed by atoms with Gasteiger partial charge in [-0.05, 0) is 39.5 Å². The van der Waals surface area contributed by atoms with Gasteiger partial charge in [0.2, 0.25) is 0 Å². The van der Waals surface area contributed by atoms with Crippen LogP contribution in [0.1, 0.15) is 34.1 Å². The molecular formula is C23H27BrOSi. The van der Waals surface area contributed by atoms with Gasteiger partial charge in [-0.1, -0.05) is 87.4 Å². The van der Waals surface area contributed by atoms with Gasteiger partial charge >= 0.3 is 0 Å². The highest BCUT2D eigenvalue weighted by Crippen LogP contribution is 2.52. The van der Waals surface area contributed by atoms with Crippen LogP contribution in [0.25, 0.3) is 0 Å². The van der Waals surface area contributed by atoms with E-state index < -0.39 is 8.32 Å². The van der Waals surface area contributed by atoms with E-state index in [0.29, 0.717) is 5.92 Å². The summed E-state index contributed by atoms with van der Waals surface area (Å²) in [5.41, 5.74) is 0.0922. The van der Waals surface area contributed by atoms with Crippen LogP contribution < -0.4 is 10.4 Å². The summed E-state index contributed by atoms with van der Waals surface area (Å²) in [5, 5.41) is 2.71. The Morgan fingerprint density at radius 1 is 1.04 bits per heavy atom. The van der Waals surface area contributed by atoms with E-state index in [1.54, 1.807) is 0 Å². The van der Waals surface area contributed by atoms with Gasteiger partial charge in [0.15, 0.2) is 0 Å². The lowest BCUT2D eigenvalue weighted by molar-refractivity contribution is 0.269. The molecule has 0 bridgehead atoms. The summed E-state index contributed by atoms with van der Waals surface area (Å²) >= 11 is 3.26. The maximum atomic E-state index is 6.99. The molecule has 1 nitrogen and oxygen atoms in total. The van der Waals surface area contributed by atoms with E-state index in [1.807, 2.05) is 0 Å². The average Bonchev–Trinajstić information content (AvgIpc) is 3.26. The van der Waals surface area contributed by atoms with Crippen molar-refractivity contribution in [1.29, 1.82) is 0 Å². The van der Waals surface area contributed by atoms with Gasteiger partial charge in [0.1, 0.15) is 0 Å². The lowest BCUT2D eigenvalue weighted by Crippen LogP contribution is -2.66. The highest BCUT2D eigenvalue weighted by atomic mass is 79.9. The number of benzene rings is 2. The largest absolute Gasteiger partial charge is 0.407 e. The maximum absolute atomic E-state index is 6.99. The minimum atomic E-state index is -2.42. The van der Waals surface area contributed by atoms with Crippen molar-refractivity contribution in [3.8, 4) is 10.8 Å². The topological polar surface area (TPSA) is 9.23 Å². The zero-order valence-corrected chi connectivity index (χ0v) is 18.6. The molecule has 1 aliphatic rings. The molecule has 0 unspecified atom stereocenters. The number of rotatable bonds is 5. The van der Waals surface area contributed by atoms with Crippen LogP contribution >= 0.6 is 15.9 Å². The summed E-state index contributed by atoms with van der Waals surface area (Å²) in [5.74, 6) is 3.81. The van der Waals surface area contributed by atoms with Crippen molar-refractivity contribution in [3.05, 3.63) is 60.7 Å². The summed E-state index contributed by atoms with van der Waals surface area (Å²) < 4.78 is 6.99. The summed E-state index contributed by atoms with van der Waals surface area (Å²) in [7, 11) is -2.42. The fourth-order valence-corrected chi connectivity index (χ4v) is 9.00. The molecule has 0 heterocycles. The van der Waals surface area contributed by atoms with Crippen LogP contribution in [0, 0.1) is 22.1 Å². The highest BCUT2D eigenvalue weighted by molar-refractivity contribution is 9.12. The smallest absolute Gasteiger partial charge is 0.261 e. The van der Waals surface area contributed by atoms with E-state index in [1.165, 1.54) is 10.4 Å². The molecule has 0 amide bonds. The standard InChI is InChI=1S/C23H27BrOSi/c1-22(2,3)26(20-11-7-5-8-12-20,21-13-9-6-10-14-21)25-18-19-17-23(19,4)15-16-24/h5-14,19H,17-18H2,1-4H3/t19-,23+/m0/s1. The van der Waals surface area contributed by atoms with Crippen LogP contribution in [-0.2, 0) is 4.43 Å². The molecule has 3 rings (SSSR count). The molecular weight excluding hydrogens is 400 g/mol. The van der Waals surface area contributed by atoms with Crippen LogP contribution in [0.2, 0.25) is 5.04 Å². The summed E-state index contributed by atoms with van der Waals surface area (Å²) in [6, 6.07) is 21.7. The maximum Gasteiger partial charge on any atom is 0.261 e. The lowest BCUT2D eigenvalue weighted by atomic mass is 10.1. The van der Waals surface area contributed by atoms with Crippen molar-refractivity contribution in [2.24, 2.45) is 11.3 Å². The molecule has 0 saturated heterocycles. The second-order valence-electron chi connectivity index (χ2n) is 8.51. The molecule has 1 saturated carbocycles. The van der Waals surface area contributed by atoms with E-state index in [0.717, 1.165) is 13.0 Å². The first-order valence-electron chi connectivity index (χ1n) is 9.21. The van der Waals surface area contributed by atoms with Crippen molar-refractivity contribution >= 4 is 34.6 Å². The molecule has 2 aromatic rings. The normalized spacial score (nSPS) is 22.4. The van der Waals surface area contributed by atoms with E-state index in [9.17, 15) is 0 Å². The average molecular weight is 427 g/mol. The quantitative estimate of drug-likeness (QED) is 0.485. The summed E-state index contributed by atoms with van der Waals surface area (Å²) in [6.45, 7) is 9.98. The Morgan fingerprint density at radius 2 is 1.54 bits per heavy atom. The van der Waals surface area contributed by atoms with E-state index in [-0.39, 0.29) is 10.5 Å². The summed E-state index contributed by atoms with van der Waals surface area (Å²) in [4.78, 5) is 2.91. The van der Waals surface area contributed by atoms with Gasteiger partial charge < -0.3 is 4.43 Å². The van der Waals surface area contributed by atoms with Gasteiger partial charge in [0.25, 0.3) is 8.32 Å². The first-order valence-corrected chi connectivity index (χ1v) is 11.9. The first kappa shape index (κ1) is 19.4. The Morgan fingerprint density at radius 3 is 1.96 bits per heavy atom. The Bertz CT molecular complexity index is 761. The van der Waals surface area contributed by atoms with Crippen LogP contribution in [0.15, 0.2) is 60.7 Å². The van der Waals surface area contributed by atoms with Crippen LogP contribution in [-0.4, -0.2) is 14.9 Å². The minimum absolute atomic E-state index is 0.0299. The molecule has 3 heteroatoms. The van der Waals surface area contributed by atoms with Gasteiger partial charge in [-0.2, -0.15) is 0 Å². The Hall–Kier alpha value is -1.34. The number of hydrogen-bond acceptors (Lipinski definition) is 1. The molecule has 136 valence electrons. The zero-order valence-electron chi connectivity index (χ0n) is 16.1. The molecule has 0 aromatic heterocycles. The van der Waals surface area contributed by atoms with Crippen molar-refractivity contribution in [2.75, 3.05) is 6.61 Å². The molecule has 0 aliphatic heterocycles. The molecule has 2 atom stereocenters. The monoisotopic (exact) mass is 426 g/mol. The van der Waals surface area contributed by atoms with Gasteiger partial charge in [-0.25, -0.2) is 0 Å². The van der Waals surface area contributed by atoms with Gasteiger partial charge in [0, 0.05) is 28.0 Å². The highest BCUT2D eigenvalue weighted by Gasteiger charge is 2.54. The lowest BCUT2D eigenvalue weighted by Gasteiger charge is -2.43. The molecule has 0 spiro atoms. The third-order valence-electron chi connectivity index (χ3n) is 5.66. The predicted molar refractivity (Wildman–Crippen MR) is 116 cm³/mol. The van der Waals surface area contributed by atoms with Crippen LogP contribution in [0.3, 0.4) is 0 Å². The third kappa shape index (κ3) is 3.56. The Balaban J connectivity index is 2.02. The predicted octanol–water partition coefficient (Wildman–Crippen LogP) is 4.95. The molecule has 0 N–H and O–H groups in total. The van der Waals surface area contributed by atoms with Gasteiger partial charge in [-0.3, -0.25) is 0 Å². The van der Waals surface area contributed by atoms with E-state index in [4.69, 9.17) is 4.43 Å². The zero-order chi connectivity index (χ0) is 18.8. The van der Waals surface area contributed by atoms with Crippen molar-refractivity contribution < 1.29 is 4.43 Å². The third-order valence-corrected chi connectivity index (χ3v) is 10.9. The SMILES string of the molecule is CC(C)(C)[Si](OC[C@@H]1C[C@@]1(C)C#CBr)(c1ccccc1)c1ccccc1. The Labute approximate surface area is 167 Å². The van der Waals surface area contributed by atoms with Crippen molar-refractivity contribution in [1.82, 2.24) is 0 Å².